The van der Waals surface area contributed by atoms with E-state index in [1.54, 1.807) is 30.2 Å². The zero-order chi connectivity index (χ0) is 20.4. The molecule has 1 aromatic rings. The number of piperidine rings is 1. The fourth-order valence-corrected chi connectivity index (χ4v) is 3.90. The number of nitrogens with one attached hydrogen (secondary N) is 2. The standard InChI is InChI=1S/C21H28N4O4/c1-14-5-10-25(21(27)23-14)18-11-15(3-4-19(18)28-2)20(26)24-8-6-16(7-9-24)29-17-12-22-13-17/h3-4,11,16-17,22H,1,5-10,12-13H2,2H3,(H,23,27). The Morgan fingerprint density at radius 3 is 2.55 bits per heavy atom. The van der Waals surface area contributed by atoms with Crippen LogP contribution in [0.15, 0.2) is 30.5 Å². The van der Waals surface area contributed by atoms with E-state index in [0.29, 0.717) is 54.9 Å². The van der Waals surface area contributed by atoms with E-state index in [1.165, 1.54) is 0 Å². The minimum Gasteiger partial charge on any atom is -0.495 e. The zero-order valence-corrected chi connectivity index (χ0v) is 16.8. The summed E-state index contributed by atoms with van der Waals surface area (Å²) in [7, 11) is 1.56. The number of urea groups is 1. The number of rotatable bonds is 5. The third-order valence-electron chi connectivity index (χ3n) is 5.74. The lowest BCUT2D eigenvalue weighted by molar-refractivity contribution is -0.0589. The number of hydrogen-bond acceptors (Lipinski definition) is 5. The van der Waals surface area contributed by atoms with E-state index < -0.39 is 0 Å². The Balaban J connectivity index is 1.45. The van der Waals surface area contributed by atoms with Crippen molar-refractivity contribution in [1.29, 1.82) is 0 Å². The molecule has 0 radical (unpaired) electrons. The second kappa shape index (κ2) is 8.42. The highest BCUT2D eigenvalue weighted by Crippen LogP contribution is 2.32. The summed E-state index contributed by atoms with van der Waals surface area (Å²) >= 11 is 0. The van der Waals surface area contributed by atoms with Crippen molar-refractivity contribution >= 4 is 17.6 Å². The van der Waals surface area contributed by atoms with Crippen molar-refractivity contribution in [2.75, 3.05) is 44.7 Å². The summed E-state index contributed by atoms with van der Waals surface area (Å²) < 4.78 is 11.5. The Labute approximate surface area is 170 Å². The van der Waals surface area contributed by atoms with Gasteiger partial charge in [-0.3, -0.25) is 9.69 Å². The monoisotopic (exact) mass is 400 g/mol. The largest absolute Gasteiger partial charge is 0.495 e. The molecule has 0 aliphatic carbocycles. The van der Waals surface area contributed by atoms with Crippen molar-refractivity contribution in [3.8, 4) is 5.75 Å². The van der Waals surface area contributed by atoms with Gasteiger partial charge in [0.25, 0.3) is 5.91 Å². The Morgan fingerprint density at radius 2 is 1.93 bits per heavy atom. The molecular weight excluding hydrogens is 372 g/mol. The normalized spacial score (nSPS) is 21.0. The van der Waals surface area contributed by atoms with Crippen molar-refractivity contribution in [1.82, 2.24) is 15.5 Å². The maximum absolute atomic E-state index is 13.1. The summed E-state index contributed by atoms with van der Waals surface area (Å²) in [4.78, 5) is 28.9. The van der Waals surface area contributed by atoms with Crippen LogP contribution in [0.2, 0.25) is 0 Å². The molecule has 0 bridgehead atoms. The molecule has 3 aliphatic heterocycles. The van der Waals surface area contributed by atoms with Crippen LogP contribution in [0.25, 0.3) is 0 Å². The third kappa shape index (κ3) is 4.23. The van der Waals surface area contributed by atoms with E-state index >= 15 is 0 Å². The fourth-order valence-electron chi connectivity index (χ4n) is 3.90. The van der Waals surface area contributed by atoms with Gasteiger partial charge in [0.05, 0.1) is 25.0 Å². The maximum Gasteiger partial charge on any atom is 0.326 e. The first-order valence-electron chi connectivity index (χ1n) is 10.1. The van der Waals surface area contributed by atoms with Gasteiger partial charge in [-0.15, -0.1) is 0 Å². The molecule has 3 saturated heterocycles. The molecule has 156 valence electrons. The molecule has 3 amide bonds. The number of carbonyl (C=O) groups excluding carboxylic acids is 2. The molecule has 0 unspecified atom stereocenters. The molecule has 0 saturated carbocycles. The van der Waals surface area contributed by atoms with Gasteiger partial charge in [-0.1, -0.05) is 6.58 Å². The van der Waals surface area contributed by atoms with Gasteiger partial charge in [-0.2, -0.15) is 0 Å². The molecule has 3 heterocycles. The summed E-state index contributed by atoms with van der Waals surface area (Å²) in [6, 6.07) is 5.00. The first-order valence-corrected chi connectivity index (χ1v) is 10.1. The number of carbonyl (C=O) groups is 2. The molecule has 8 heteroatoms. The molecule has 0 atom stereocenters. The van der Waals surface area contributed by atoms with Gasteiger partial charge in [0.2, 0.25) is 0 Å². The summed E-state index contributed by atoms with van der Waals surface area (Å²) in [6.45, 7) is 7.50. The van der Waals surface area contributed by atoms with Crippen LogP contribution >= 0.6 is 0 Å². The van der Waals surface area contributed by atoms with Crippen molar-refractivity contribution in [2.45, 2.75) is 31.5 Å². The predicted molar refractivity (Wildman–Crippen MR) is 109 cm³/mol. The molecule has 1 aromatic carbocycles. The van der Waals surface area contributed by atoms with Gasteiger partial charge in [-0.25, -0.2) is 4.79 Å². The first-order chi connectivity index (χ1) is 14.0. The van der Waals surface area contributed by atoms with E-state index in [4.69, 9.17) is 9.47 Å². The van der Waals surface area contributed by atoms with Crippen LogP contribution in [0.5, 0.6) is 5.75 Å². The van der Waals surface area contributed by atoms with Crippen molar-refractivity contribution in [2.24, 2.45) is 0 Å². The van der Waals surface area contributed by atoms with Gasteiger partial charge >= 0.3 is 6.03 Å². The molecule has 0 aromatic heterocycles. The van der Waals surface area contributed by atoms with Crippen LogP contribution in [0.1, 0.15) is 29.6 Å². The van der Waals surface area contributed by atoms with Gasteiger partial charge in [-0.05, 0) is 31.0 Å². The lowest BCUT2D eigenvalue weighted by atomic mass is 10.0. The quantitative estimate of drug-likeness (QED) is 0.787. The fraction of sp³-hybridized carbons (Fsp3) is 0.524. The Bertz CT molecular complexity index is 800. The smallest absolute Gasteiger partial charge is 0.326 e. The average Bonchev–Trinajstić information content (AvgIpc) is 2.70. The number of likely N-dealkylation sites (tertiary alicyclic amines) is 1. The molecule has 4 rings (SSSR count). The van der Waals surface area contributed by atoms with E-state index in [0.717, 1.165) is 25.9 Å². The number of amides is 3. The van der Waals surface area contributed by atoms with Crippen LogP contribution in [0.3, 0.4) is 0 Å². The van der Waals surface area contributed by atoms with E-state index in [9.17, 15) is 9.59 Å². The highest BCUT2D eigenvalue weighted by atomic mass is 16.5. The molecule has 2 N–H and O–H groups in total. The predicted octanol–water partition coefficient (Wildman–Crippen LogP) is 1.72. The van der Waals surface area contributed by atoms with E-state index in [-0.39, 0.29) is 18.0 Å². The Morgan fingerprint density at radius 1 is 1.17 bits per heavy atom. The van der Waals surface area contributed by atoms with E-state index in [2.05, 4.69) is 17.2 Å². The van der Waals surface area contributed by atoms with Crippen LogP contribution in [0, 0.1) is 0 Å². The van der Waals surface area contributed by atoms with Crippen LogP contribution in [-0.4, -0.2) is 68.9 Å². The highest BCUT2D eigenvalue weighted by molar-refractivity contribution is 5.99. The zero-order valence-electron chi connectivity index (χ0n) is 16.8. The topological polar surface area (TPSA) is 83.1 Å². The Kier molecular flexibility index (Phi) is 5.73. The maximum atomic E-state index is 13.1. The van der Waals surface area contributed by atoms with Gasteiger partial charge in [0.15, 0.2) is 0 Å². The van der Waals surface area contributed by atoms with Crippen molar-refractivity contribution in [3.05, 3.63) is 36.0 Å². The van der Waals surface area contributed by atoms with Crippen LogP contribution in [0.4, 0.5) is 10.5 Å². The summed E-state index contributed by atoms with van der Waals surface area (Å²) in [6.07, 6.45) is 2.89. The van der Waals surface area contributed by atoms with Crippen LogP contribution in [-0.2, 0) is 4.74 Å². The molecule has 3 aliphatic rings. The lowest BCUT2D eigenvalue weighted by Crippen LogP contribution is -2.51. The summed E-state index contributed by atoms with van der Waals surface area (Å²) in [5.41, 5.74) is 1.85. The SMILES string of the molecule is C=C1CCN(c2cc(C(=O)N3CCC(OC4CNC4)CC3)ccc2OC)C(=O)N1. The van der Waals surface area contributed by atoms with E-state index in [1.807, 2.05) is 4.90 Å². The third-order valence-corrected chi connectivity index (χ3v) is 5.74. The minimum absolute atomic E-state index is 0.0282. The molecule has 29 heavy (non-hydrogen) atoms. The molecule has 8 nitrogen and oxygen atoms in total. The second-order valence-corrected chi connectivity index (χ2v) is 7.73. The molecule has 3 fully saturated rings. The number of anilines is 1. The van der Waals surface area contributed by atoms with Crippen molar-refractivity contribution in [3.63, 3.8) is 0 Å². The average molecular weight is 400 g/mol. The highest BCUT2D eigenvalue weighted by Gasteiger charge is 2.29. The van der Waals surface area contributed by atoms with Gasteiger partial charge < -0.3 is 25.0 Å². The van der Waals surface area contributed by atoms with Crippen LogP contribution < -0.4 is 20.3 Å². The Hall–Kier alpha value is -2.58. The summed E-state index contributed by atoms with van der Waals surface area (Å²) in [5.74, 6) is 0.532. The number of methoxy groups -OCH3 is 1. The number of nitrogens with zero attached hydrogens (tertiary/aromatic N) is 2. The minimum atomic E-state index is -0.257. The molecular formula is C21H28N4O4. The number of benzene rings is 1. The number of ether oxygens (including phenoxy) is 2. The number of hydrogen-bond donors (Lipinski definition) is 2. The first kappa shape index (κ1) is 19.7. The van der Waals surface area contributed by atoms with Gasteiger partial charge in [0, 0.05) is 50.4 Å². The molecule has 0 spiro atoms. The van der Waals surface area contributed by atoms with Gasteiger partial charge in [0.1, 0.15) is 5.75 Å². The summed E-state index contributed by atoms with van der Waals surface area (Å²) in [5, 5.41) is 5.95. The lowest BCUT2D eigenvalue weighted by Gasteiger charge is -2.37. The van der Waals surface area contributed by atoms with Crippen molar-refractivity contribution < 1.29 is 19.1 Å². The second-order valence-electron chi connectivity index (χ2n) is 7.73.